The van der Waals surface area contributed by atoms with Crippen LogP contribution in [0.2, 0.25) is 0 Å². The van der Waals surface area contributed by atoms with Gasteiger partial charge in [0.05, 0.1) is 0 Å². The molecule has 0 aromatic rings. The highest BCUT2D eigenvalue weighted by atomic mass is 16.7. The summed E-state index contributed by atoms with van der Waals surface area (Å²) in [6.07, 6.45) is 10.7. The Morgan fingerprint density at radius 2 is 1.80 bits per heavy atom. The van der Waals surface area contributed by atoms with Gasteiger partial charge < -0.3 is 9.47 Å². The molecule has 0 amide bonds. The molecule has 3 heteroatoms. The van der Waals surface area contributed by atoms with Gasteiger partial charge in [0.15, 0.2) is 6.29 Å². The Labute approximate surface area is 92.1 Å². The largest absolute Gasteiger partial charge is 0.436 e. The molecule has 0 fully saturated rings. The van der Waals surface area contributed by atoms with Crippen LogP contribution in [-0.4, -0.2) is 18.9 Å². The third-order valence-electron chi connectivity index (χ3n) is 1.15. The van der Waals surface area contributed by atoms with Gasteiger partial charge in [-0.3, -0.25) is 4.79 Å². The maximum absolute atomic E-state index is 10.2. The molecule has 0 saturated heterocycles. The van der Waals surface area contributed by atoms with Crippen molar-refractivity contribution in [1.29, 1.82) is 0 Å². The van der Waals surface area contributed by atoms with E-state index in [1.165, 1.54) is 6.92 Å². The molecule has 1 unspecified atom stereocenters. The van der Waals surface area contributed by atoms with E-state index in [2.05, 4.69) is 16.6 Å². The molecule has 0 saturated carbocycles. The number of hydrogen-bond acceptors (Lipinski definition) is 3. The minimum Gasteiger partial charge on any atom is -0.436 e. The average Bonchev–Trinajstić information content (AvgIpc) is 2.15. The standard InChI is InChI=1S/C6H12O3.C6H6/c1-4-8-6(3)9-5(2)7;1-3-5-6-4-2/h6H,4H2,1-3H3;1-2H,5-6H2. The molecule has 0 heterocycles. The SMILES string of the molecule is C#CCCC#C.CCOC(C)OC(C)=O. The molecular formula is C12H18O3. The third kappa shape index (κ3) is 19.1. The second-order valence-electron chi connectivity index (χ2n) is 2.54. The molecule has 3 nitrogen and oxygen atoms in total. The first-order chi connectivity index (χ1) is 7.08. The summed E-state index contributed by atoms with van der Waals surface area (Å²) in [5.74, 6) is 4.54. The summed E-state index contributed by atoms with van der Waals surface area (Å²) >= 11 is 0. The molecule has 0 rings (SSSR count). The molecule has 0 bridgehead atoms. The van der Waals surface area contributed by atoms with Gasteiger partial charge in [-0.25, -0.2) is 0 Å². The Balaban J connectivity index is 0. The van der Waals surface area contributed by atoms with Crippen molar-refractivity contribution in [2.24, 2.45) is 0 Å². The zero-order valence-corrected chi connectivity index (χ0v) is 9.58. The number of rotatable bonds is 4. The number of carbonyl (C=O) groups is 1. The number of terminal acetylenes is 2. The number of esters is 1. The van der Waals surface area contributed by atoms with Crippen LogP contribution >= 0.6 is 0 Å². The van der Waals surface area contributed by atoms with Crippen molar-refractivity contribution in [3.05, 3.63) is 0 Å². The predicted octanol–water partition coefficient (Wildman–Crippen LogP) is 1.96. The minimum atomic E-state index is -0.410. The summed E-state index contributed by atoms with van der Waals surface area (Å²) in [5, 5.41) is 0. The molecule has 0 aromatic heterocycles. The summed E-state index contributed by atoms with van der Waals surface area (Å²) in [6.45, 7) is 5.45. The van der Waals surface area contributed by atoms with Crippen molar-refractivity contribution in [3.63, 3.8) is 0 Å². The molecule has 0 radical (unpaired) electrons. The highest BCUT2D eigenvalue weighted by Crippen LogP contribution is 1.91. The van der Waals surface area contributed by atoms with E-state index in [9.17, 15) is 4.79 Å². The van der Waals surface area contributed by atoms with E-state index >= 15 is 0 Å². The van der Waals surface area contributed by atoms with Crippen LogP contribution in [0.3, 0.4) is 0 Å². The van der Waals surface area contributed by atoms with Crippen molar-refractivity contribution >= 4 is 5.97 Å². The maximum atomic E-state index is 10.2. The number of unbranched alkanes of at least 4 members (excludes halogenated alkanes) is 1. The van der Waals surface area contributed by atoms with Crippen LogP contribution in [0.15, 0.2) is 0 Å². The molecule has 0 aliphatic carbocycles. The third-order valence-corrected chi connectivity index (χ3v) is 1.15. The molecule has 0 aliphatic heterocycles. The predicted molar refractivity (Wildman–Crippen MR) is 59.8 cm³/mol. The van der Waals surface area contributed by atoms with Crippen molar-refractivity contribution in [3.8, 4) is 24.7 Å². The Hall–Kier alpha value is -1.45. The molecule has 1 atom stereocenters. The summed E-state index contributed by atoms with van der Waals surface area (Å²) in [4.78, 5) is 10.2. The van der Waals surface area contributed by atoms with Gasteiger partial charge in [-0.15, -0.1) is 24.7 Å². The summed E-state index contributed by atoms with van der Waals surface area (Å²) < 4.78 is 9.54. The highest BCUT2D eigenvalue weighted by Gasteiger charge is 2.01. The lowest BCUT2D eigenvalue weighted by molar-refractivity contribution is -0.171. The van der Waals surface area contributed by atoms with Crippen LogP contribution in [-0.2, 0) is 14.3 Å². The molecule has 0 spiro atoms. The zero-order chi connectivity index (χ0) is 12.1. The van der Waals surface area contributed by atoms with E-state index in [-0.39, 0.29) is 5.97 Å². The second-order valence-corrected chi connectivity index (χ2v) is 2.54. The molecule has 15 heavy (non-hydrogen) atoms. The van der Waals surface area contributed by atoms with Crippen molar-refractivity contribution in [1.82, 2.24) is 0 Å². The zero-order valence-electron chi connectivity index (χ0n) is 9.58. The van der Waals surface area contributed by atoms with Crippen LogP contribution in [0.25, 0.3) is 0 Å². The molecular weight excluding hydrogens is 192 g/mol. The van der Waals surface area contributed by atoms with Gasteiger partial charge in [-0.1, -0.05) is 0 Å². The van der Waals surface area contributed by atoms with Crippen molar-refractivity contribution < 1.29 is 14.3 Å². The van der Waals surface area contributed by atoms with Crippen LogP contribution in [0.1, 0.15) is 33.6 Å². The Kier molecular flexibility index (Phi) is 13.4. The van der Waals surface area contributed by atoms with Gasteiger partial charge in [0, 0.05) is 26.4 Å². The van der Waals surface area contributed by atoms with Gasteiger partial charge >= 0.3 is 5.97 Å². The van der Waals surface area contributed by atoms with Crippen molar-refractivity contribution in [2.45, 2.75) is 39.9 Å². The fourth-order valence-electron chi connectivity index (χ4n) is 0.647. The fraction of sp³-hybridized carbons (Fsp3) is 0.583. The van der Waals surface area contributed by atoms with Gasteiger partial charge in [-0.05, 0) is 13.8 Å². The Morgan fingerprint density at radius 1 is 1.33 bits per heavy atom. The lowest BCUT2D eigenvalue weighted by Crippen LogP contribution is -2.15. The first-order valence-electron chi connectivity index (χ1n) is 4.74. The van der Waals surface area contributed by atoms with E-state index in [0.717, 1.165) is 0 Å². The number of ether oxygens (including phenoxy) is 2. The smallest absolute Gasteiger partial charge is 0.304 e. The van der Waals surface area contributed by atoms with Crippen LogP contribution in [0.4, 0.5) is 0 Å². The Morgan fingerprint density at radius 3 is 2.07 bits per heavy atom. The van der Waals surface area contributed by atoms with Gasteiger partial charge in [0.25, 0.3) is 0 Å². The number of carbonyl (C=O) groups excluding carboxylic acids is 1. The van der Waals surface area contributed by atoms with Gasteiger partial charge in [-0.2, -0.15) is 0 Å². The molecule has 0 aromatic carbocycles. The normalized spacial score (nSPS) is 9.93. The second kappa shape index (κ2) is 12.6. The lowest BCUT2D eigenvalue weighted by Gasteiger charge is -2.09. The first kappa shape index (κ1) is 16.0. The van der Waals surface area contributed by atoms with Crippen LogP contribution < -0.4 is 0 Å². The topological polar surface area (TPSA) is 35.5 Å². The van der Waals surface area contributed by atoms with Crippen molar-refractivity contribution in [2.75, 3.05) is 6.61 Å². The average molecular weight is 210 g/mol. The minimum absolute atomic E-state index is 0.309. The van der Waals surface area contributed by atoms with Gasteiger partial charge in [0.1, 0.15) is 0 Å². The van der Waals surface area contributed by atoms with Crippen LogP contribution in [0.5, 0.6) is 0 Å². The molecule has 0 aliphatic rings. The Bertz CT molecular complexity index is 218. The summed E-state index contributed by atoms with van der Waals surface area (Å²) in [6, 6.07) is 0. The number of hydrogen-bond donors (Lipinski definition) is 0. The highest BCUT2D eigenvalue weighted by molar-refractivity contribution is 5.65. The fourth-order valence-corrected chi connectivity index (χ4v) is 0.647. The van der Waals surface area contributed by atoms with E-state index in [1.807, 2.05) is 6.92 Å². The maximum Gasteiger partial charge on any atom is 0.304 e. The molecule has 0 N–H and O–H groups in total. The molecule has 84 valence electrons. The first-order valence-corrected chi connectivity index (χ1v) is 4.74. The van der Waals surface area contributed by atoms with Crippen LogP contribution in [0, 0.1) is 24.7 Å². The van der Waals surface area contributed by atoms with E-state index in [1.54, 1.807) is 6.92 Å². The van der Waals surface area contributed by atoms with Gasteiger partial charge in [0.2, 0.25) is 0 Å². The van der Waals surface area contributed by atoms with E-state index in [4.69, 9.17) is 17.6 Å². The van der Waals surface area contributed by atoms with E-state index < -0.39 is 6.29 Å². The summed E-state index contributed by atoms with van der Waals surface area (Å²) in [5.41, 5.74) is 0. The summed E-state index contributed by atoms with van der Waals surface area (Å²) in [7, 11) is 0. The van der Waals surface area contributed by atoms with E-state index in [0.29, 0.717) is 19.4 Å². The quantitative estimate of drug-likeness (QED) is 0.308. The monoisotopic (exact) mass is 210 g/mol. The lowest BCUT2D eigenvalue weighted by atomic mass is 10.3.